The van der Waals surface area contributed by atoms with Crippen LogP contribution in [0.1, 0.15) is 74.1 Å². The second-order valence-electron chi connectivity index (χ2n) is 9.87. The van der Waals surface area contributed by atoms with E-state index in [-0.39, 0.29) is 32.7 Å². The van der Waals surface area contributed by atoms with E-state index in [1.165, 1.54) is 25.7 Å². The van der Waals surface area contributed by atoms with Gasteiger partial charge in [0.1, 0.15) is 0 Å². The molecule has 3 aliphatic rings. The van der Waals surface area contributed by atoms with Crippen LogP contribution in [0, 0.1) is 66.1 Å². The number of fused-ring (bicyclic) bond motifs is 2. The van der Waals surface area contributed by atoms with Gasteiger partial charge in [-0.05, 0) is 60.2 Å². The summed E-state index contributed by atoms with van der Waals surface area (Å²) < 4.78 is 0. The molecule has 133 valence electrons. The van der Waals surface area contributed by atoms with E-state index in [0.29, 0.717) is 16.7 Å². The van der Waals surface area contributed by atoms with Crippen molar-refractivity contribution in [3.05, 3.63) is 13.8 Å². The zero-order valence-electron chi connectivity index (χ0n) is 16.9. The smallest absolute Gasteiger partial charge is 0 e. The van der Waals surface area contributed by atoms with Crippen LogP contribution in [0.2, 0.25) is 0 Å². The molecule has 1 radical (unpaired) electrons. The Labute approximate surface area is 172 Å². The van der Waals surface area contributed by atoms with Crippen LogP contribution in [-0.2, 0) is 32.7 Å². The molecule has 0 N–H and O–H groups in total. The standard InChI is InChI=1S/C20H35.C2H5.Y/c1-12-13(2)15-10-17-18(11-16(15)14(12)3)20(6,7)9-8-19(17,4)5;1-2;/h12-18H,2,8-11H2,1,3-7H3;1H2,2H3;/q2*-1;. The Balaban J connectivity index is 0.000000849. The molecule has 1 heteroatoms. The maximum atomic E-state index is 4.58. The molecule has 3 saturated carbocycles. The Hall–Kier alpha value is 1.10. The van der Waals surface area contributed by atoms with E-state index in [9.17, 15) is 0 Å². The minimum Gasteiger partial charge on any atom is -0.346 e. The first-order valence-corrected chi connectivity index (χ1v) is 9.69. The van der Waals surface area contributed by atoms with Gasteiger partial charge >= 0.3 is 0 Å². The van der Waals surface area contributed by atoms with E-state index in [1.807, 2.05) is 0 Å². The van der Waals surface area contributed by atoms with Gasteiger partial charge in [0, 0.05) is 32.7 Å². The van der Waals surface area contributed by atoms with Crippen molar-refractivity contribution in [2.45, 2.75) is 74.1 Å². The third-order valence-corrected chi connectivity index (χ3v) is 8.24. The van der Waals surface area contributed by atoms with Crippen LogP contribution >= 0.6 is 0 Å². The maximum Gasteiger partial charge on any atom is 0 e. The third-order valence-electron chi connectivity index (χ3n) is 8.24. The molecule has 0 aliphatic heterocycles. The zero-order valence-corrected chi connectivity index (χ0v) is 19.7. The predicted molar refractivity (Wildman–Crippen MR) is 98.2 cm³/mol. The van der Waals surface area contributed by atoms with Crippen LogP contribution in [0.4, 0.5) is 0 Å². The van der Waals surface area contributed by atoms with Gasteiger partial charge in [-0.1, -0.05) is 53.4 Å². The Morgan fingerprint density at radius 3 is 1.57 bits per heavy atom. The molecular formula is C22H40Y-2. The van der Waals surface area contributed by atoms with E-state index in [0.717, 1.165) is 35.5 Å². The molecule has 0 aromatic rings. The second-order valence-corrected chi connectivity index (χ2v) is 9.87. The fourth-order valence-corrected chi connectivity index (χ4v) is 6.27. The van der Waals surface area contributed by atoms with Crippen molar-refractivity contribution >= 4 is 0 Å². The number of rotatable bonds is 0. The van der Waals surface area contributed by atoms with E-state index in [1.54, 1.807) is 6.92 Å². The van der Waals surface area contributed by atoms with Crippen LogP contribution in [0.15, 0.2) is 0 Å². The summed E-state index contributed by atoms with van der Waals surface area (Å²) in [5.41, 5.74) is 1.12. The van der Waals surface area contributed by atoms with Gasteiger partial charge in [0.05, 0.1) is 0 Å². The molecule has 0 spiro atoms. The van der Waals surface area contributed by atoms with Crippen molar-refractivity contribution in [1.82, 2.24) is 0 Å². The van der Waals surface area contributed by atoms with Gasteiger partial charge in [0.15, 0.2) is 0 Å². The molecule has 0 aromatic heterocycles. The minimum atomic E-state index is 0. The van der Waals surface area contributed by atoms with E-state index >= 15 is 0 Å². The molecule has 7 unspecified atom stereocenters. The molecule has 3 rings (SSSR count). The number of hydrogen-bond acceptors (Lipinski definition) is 0. The van der Waals surface area contributed by atoms with E-state index in [2.05, 4.69) is 55.4 Å². The average Bonchev–Trinajstić information content (AvgIpc) is 2.70. The topological polar surface area (TPSA) is 0 Å². The minimum absolute atomic E-state index is 0. The fraction of sp³-hybridized carbons (Fsp3) is 0.909. The van der Waals surface area contributed by atoms with Crippen LogP contribution < -0.4 is 0 Å². The monoisotopic (exact) mass is 393 g/mol. The van der Waals surface area contributed by atoms with E-state index in [4.69, 9.17) is 0 Å². The second kappa shape index (κ2) is 7.77. The van der Waals surface area contributed by atoms with E-state index < -0.39 is 0 Å². The summed E-state index contributed by atoms with van der Waals surface area (Å²) in [5, 5.41) is 0. The van der Waals surface area contributed by atoms with Gasteiger partial charge in [-0.15, -0.1) is 0 Å². The Kier molecular flexibility index (Phi) is 7.49. The normalized spacial score (nSPS) is 46.6. The Morgan fingerprint density at radius 1 is 0.739 bits per heavy atom. The summed E-state index contributed by atoms with van der Waals surface area (Å²) in [6.07, 6.45) is 5.81. The summed E-state index contributed by atoms with van der Waals surface area (Å²) in [4.78, 5) is 0. The first kappa shape index (κ1) is 22.1. The molecule has 23 heavy (non-hydrogen) atoms. The largest absolute Gasteiger partial charge is 0.346 e. The number of hydrogen-bond donors (Lipinski definition) is 0. The van der Waals surface area contributed by atoms with Crippen LogP contribution in [-0.4, -0.2) is 0 Å². The van der Waals surface area contributed by atoms with Gasteiger partial charge in [-0.2, -0.15) is 12.8 Å². The molecule has 0 heterocycles. The molecular weight excluding hydrogens is 353 g/mol. The molecule has 0 saturated heterocycles. The summed E-state index contributed by atoms with van der Waals surface area (Å²) in [6, 6.07) is 0. The van der Waals surface area contributed by atoms with Crippen molar-refractivity contribution < 1.29 is 32.7 Å². The summed E-state index contributed by atoms with van der Waals surface area (Å²) >= 11 is 0. The van der Waals surface area contributed by atoms with Crippen molar-refractivity contribution in [3.8, 4) is 0 Å². The van der Waals surface area contributed by atoms with Crippen LogP contribution in [0.5, 0.6) is 0 Å². The molecule has 3 aliphatic carbocycles. The van der Waals surface area contributed by atoms with Crippen LogP contribution in [0.3, 0.4) is 0 Å². The van der Waals surface area contributed by atoms with Gasteiger partial charge in [0.25, 0.3) is 0 Å². The van der Waals surface area contributed by atoms with Gasteiger partial charge in [-0.25, -0.2) is 0 Å². The van der Waals surface area contributed by atoms with Crippen molar-refractivity contribution in [2.24, 2.45) is 52.3 Å². The summed E-state index contributed by atoms with van der Waals surface area (Å²) in [5.74, 6) is 6.19. The summed E-state index contributed by atoms with van der Waals surface area (Å²) in [6.45, 7) is 24.7. The summed E-state index contributed by atoms with van der Waals surface area (Å²) in [7, 11) is 0. The molecule has 3 fully saturated rings. The molecule has 0 aromatic carbocycles. The third kappa shape index (κ3) is 3.79. The molecule has 0 amide bonds. The SMILES string of the molecule is [CH2-]C.[CH2-]C1C(C)C(C)C2CC3C(CC12)C(C)(C)CCC3(C)C.[Y]. The van der Waals surface area contributed by atoms with Crippen molar-refractivity contribution in [3.63, 3.8) is 0 Å². The molecule has 0 bridgehead atoms. The Bertz CT molecular complexity index is 347. The van der Waals surface area contributed by atoms with Crippen LogP contribution in [0.25, 0.3) is 0 Å². The van der Waals surface area contributed by atoms with Gasteiger partial charge in [0.2, 0.25) is 0 Å². The predicted octanol–water partition coefficient (Wildman–Crippen LogP) is 6.67. The fourth-order valence-electron chi connectivity index (χ4n) is 6.27. The van der Waals surface area contributed by atoms with Crippen molar-refractivity contribution in [1.29, 1.82) is 0 Å². The Morgan fingerprint density at radius 2 is 1.13 bits per heavy atom. The van der Waals surface area contributed by atoms with Crippen molar-refractivity contribution in [2.75, 3.05) is 0 Å². The average molecular weight is 393 g/mol. The quantitative estimate of drug-likeness (QED) is 0.404. The van der Waals surface area contributed by atoms with Gasteiger partial charge in [-0.3, -0.25) is 0 Å². The zero-order chi connectivity index (χ0) is 16.9. The first-order valence-electron chi connectivity index (χ1n) is 9.69. The maximum absolute atomic E-state index is 4.58. The molecule has 0 nitrogen and oxygen atoms in total. The molecule has 7 atom stereocenters. The van der Waals surface area contributed by atoms with Gasteiger partial charge < -0.3 is 13.8 Å². The first-order chi connectivity index (χ1) is 10.1.